The predicted molar refractivity (Wildman–Crippen MR) is 84.7 cm³/mol. The van der Waals surface area contributed by atoms with Crippen molar-refractivity contribution >= 4 is 0 Å². The molecule has 1 fully saturated rings. The van der Waals surface area contributed by atoms with Crippen LogP contribution < -0.4 is 0 Å². The van der Waals surface area contributed by atoms with Crippen LogP contribution in [0.2, 0.25) is 0 Å². The SMILES string of the molecule is CN(Cc1nc(-c2ccc(C(F)(F)F)cc2)no1)C[C@H]1CCCCO1. The first kappa shape index (κ1) is 17.9. The lowest BCUT2D eigenvalue weighted by molar-refractivity contribution is -0.137. The second kappa shape index (κ2) is 7.53. The normalized spacial score (nSPS) is 18.7. The Kier molecular flexibility index (Phi) is 5.39. The molecule has 1 aliphatic heterocycles. The second-order valence-corrected chi connectivity index (χ2v) is 6.27. The summed E-state index contributed by atoms with van der Waals surface area (Å²) < 4.78 is 48.7. The highest BCUT2D eigenvalue weighted by molar-refractivity contribution is 5.54. The zero-order valence-corrected chi connectivity index (χ0v) is 13.9. The highest BCUT2D eigenvalue weighted by Gasteiger charge is 2.30. The molecule has 3 rings (SSSR count). The van der Waals surface area contributed by atoms with Gasteiger partial charge in [0.15, 0.2) is 0 Å². The average molecular weight is 355 g/mol. The summed E-state index contributed by atoms with van der Waals surface area (Å²) in [5.41, 5.74) is -0.214. The van der Waals surface area contributed by atoms with Crippen LogP contribution in [0.5, 0.6) is 0 Å². The summed E-state index contributed by atoms with van der Waals surface area (Å²) in [5.74, 6) is 0.708. The van der Waals surface area contributed by atoms with Gasteiger partial charge in [0, 0.05) is 18.7 Å². The molecule has 0 saturated carbocycles. The zero-order valence-electron chi connectivity index (χ0n) is 13.9. The van der Waals surface area contributed by atoms with Crippen LogP contribution >= 0.6 is 0 Å². The molecule has 8 heteroatoms. The first-order chi connectivity index (χ1) is 11.9. The van der Waals surface area contributed by atoms with Gasteiger partial charge in [-0.1, -0.05) is 17.3 Å². The van der Waals surface area contributed by atoms with E-state index in [-0.39, 0.29) is 11.9 Å². The van der Waals surface area contributed by atoms with Crippen molar-refractivity contribution in [2.24, 2.45) is 0 Å². The van der Waals surface area contributed by atoms with E-state index in [1.807, 2.05) is 11.9 Å². The highest BCUT2D eigenvalue weighted by Crippen LogP contribution is 2.30. The van der Waals surface area contributed by atoms with Crippen molar-refractivity contribution in [3.05, 3.63) is 35.7 Å². The zero-order chi connectivity index (χ0) is 17.9. The van der Waals surface area contributed by atoms with Crippen molar-refractivity contribution in [1.82, 2.24) is 15.0 Å². The molecule has 25 heavy (non-hydrogen) atoms. The Labute approximate surface area is 143 Å². The van der Waals surface area contributed by atoms with E-state index in [2.05, 4.69) is 10.1 Å². The van der Waals surface area contributed by atoms with Crippen LogP contribution in [0.4, 0.5) is 13.2 Å². The third kappa shape index (κ3) is 4.79. The Bertz CT molecular complexity index is 679. The summed E-state index contributed by atoms with van der Waals surface area (Å²) in [6, 6.07) is 4.71. The van der Waals surface area contributed by atoms with Gasteiger partial charge in [-0.2, -0.15) is 18.2 Å². The van der Waals surface area contributed by atoms with E-state index < -0.39 is 11.7 Å². The number of alkyl halides is 3. The van der Waals surface area contributed by atoms with E-state index >= 15 is 0 Å². The quantitative estimate of drug-likeness (QED) is 0.817. The van der Waals surface area contributed by atoms with Crippen LogP contribution in [-0.2, 0) is 17.5 Å². The van der Waals surface area contributed by atoms with Gasteiger partial charge in [-0.25, -0.2) is 0 Å². The number of hydrogen-bond acceptors (Lipinski definition) is 5. The molecular formula is C17H20F3N3O2. The molecule has 1 aromatic carbocycles. The van der Waals surface area contributed by atoms with Crippen molar-refractivity contribution in [2.75, 3.05) is 20.2 Å². The Morgan fingerprint density at radius 2 is 1.96 bits per heavy atom. The second-order valence-electron chi connectivity index (χ2n) is 6.27. The third-order valence-electron chi connectivity index (χ3n) is 4.13. The molecule has 0 aliphatic carbocycles. The Balaban J connectivity index is 1.60. The minimum absolute atomic E-state index is 0.219. The van der Waals surface area contributed by atoms with Crippen molar-refractivity contribution in [1.29, 1.82) is 0 Å². The van der Waals surface area contributed by atoms with Crippen LogP contribution in [0, 0.1) is 0 Å². The topological polar surface area (TPSA) is 51.4 Å². The van der Waals surface area contributed by atoms with Crippen molar-refractivity contribution in [3.8, 4) is 11.4 Å². The maximum absolute atomic E-state index is 12.6. The Morgan fingerprint density at radius 3 is 2.60 bits per heavy atom. The van der Waals surface area contributed by atoms with Crippen molar-refractivity contribution in [3.63, 3.8) is 0 Å². The minimum Gasteiger partial charge on any atom is -0.377 e. The number of benzene rings is 1. The number of aromatic nitrogens is 2. The van der Waals surface area contributed by atoms with E-state index in [4.69, 9.17) is 9.26 Å². The molecule has 0 bridgehead atoms. The number of halogens is 3. The summed E-state index contributed by atoms with van der Waals surface area (Å²) >= 11 is 0. The molecule has 2 aromatic rings. The van der Waals surface area contributed by atoms with Gasteiger partial charge in [-0.15, -0.1) is 0 Å². The minimum atomic E-state index is -4.36. The number of hydrogen-bond donors (Lipinski definition) is 0. The maximum atomic E-state index is 12.6. The number of likely N-dealkylation sites (N-methyl/N-ethyl adjacent to an activating group) is 1. The van der Waals surface area contributed by atoms with Crippen LogP contribution in [0.1, 0.15) is 30.7 Å². The van der Waals surface area contributed by atoms with E-state index in [9.17, 15) is 13.2 Å². The summed E-state index contributed by atoms with van der Waals surface area (Å²) in [6.45, 7) is 2.04. The molecule has 0 radical (unpaired) electrons. The molecular weight excluding hydrogens is 335 g/mol. The molecule has 136 valence electrons. The first-order valence-corrected chi connectivity index (χ1v) is 8.22. The van der Waals surface area contributed by atoms with Crippen LogP contribution in [0.3, 0.4) is 0 Å². The lowest BCUT2D eigenvalue weighted by Gasteiger charge is -2.26. The molecule has 0 N–H and O–H groups in total. The van der Waals surface area contributed by atoms with Crippen LogP contribution in [0.15, 0.2) is 28.8 Å². The van der Waals surface area contributed by atoms with E-state index in [1.54, 1.807) is 0 Å². The molecule has 1 aromatic heterocycles. The van der Waals surface area contributed by atoms with E-state index in [0.717, 1.165) is 38.1 Å². The fourth-order valence-corrected chi connectivity index (χ4v) is 2.84. The van der Waals surface area contributed by atoms with Crippen molar-refractivity contribution in [2.45, 2.75) is 38.1 Å². The van der Waals surface area contributed by atoms with Crippen LogP contribution in [-0.4, -0.2) is 41.3 Å². The van der Waals surface area contributed by atoms with Gasteiger partial charge in [0.2, 0.25) is 11.7 Å². The lowest BCUT2D eigenvalue weighted by atomic mass is 10.1. The monoisotopic (exact) mass is 355 g/mol. The van der Waals surface area contributed by atoms with E-state index in [1.165, 1.54) is 18.6 Å². The molecule has 1 atom stereocenters. The summed E-state index contributed by atoms with van der Waals surface area (Å²) in [7, 11) is 1.94. The highest BCUT2D eigenvalue weighted by atomic mass is 19.4. The first-order valence-electron chi connectivity index (χ1n) is 8.22. The summed E-state index contributed by atoms with van der Waals surface area (Å²) in [4.78, 5) is 6.31. The van der Waals surface area contributed by atoms with Gasteiger partial charge in [-0.05, 0) is 38.4 Å². The summed E-state index contributed by atoms with van der Waals surface area (Å²) in [6.07, 6.45) is -0.802. The number of ether oxygens (including phenoxy) is 1. The van der Waals surface area contributed by atoms with Gasteiger partial charge >= 0.3 is 6.18 Å². The standard InChI is InChI=1S/C17H20F3N3O2/c1-23(10-14-4-2-3-9-24-14)11-15-21-16(22-25-15)12-5-7-13(8-6-12)17(18,19)20/h5-8,14H,2-4,9-11H2,1H3/t14-/m1/s1. The van der Waals surface area contributed by atoms with Gasteiger partial charge in [0.25, 0.3) is 0 Å². The fourth-order valence-electron chi connectivity index (χ4n) is 2.84. The van der Waals surface area contributed by atoms with Gasteiger partial charge in [0.1, 0.15) is 0 Å². The van der Waals surface area contributed by atoms with Crippen LogP contribution in [0.25, 0.3) is 11.4 Å². The average Bonchev–Trinajstić information content (AvgIpc) is 3.03. The molecule has 0 unspecified atom stereocenters. The number of nitrogens with zero attached hydrogens (tertiary/aromatic N) is 3. The molecule has 1 saturated heterocycles. The van der Waals surface area contributed by atoms with Gasteiger partial charge in [0.05, 0.1) is 18.2 Å². The maximum Gasteiger partial charge on any atom is 0.416 e. The third-order valence-corrected chi connectivity index (χ3v) is 4.13. The van der Waals surface area contributed by atoms with Gasteiger partial charge < -0.3 is 9.26 Å². The molecule has 0 spiro atoms. The smallest absolute Gasteiger partial charge is 0.377 e. The Hall–Kier alpha value is -1.93. The largest absolute Gasteiger partial charge is 0.416 e. The Morgan fingerprint density at radius 1 is 1.20 bits per heavy atom. The summed E-state index contributed by atoms with van der Waals surface area (Å²) in [5, 5.41) is 3.85. The molecule has 5 nitrogen and oxygen atoms in total. The fraction of sp³-hybridized carbons (Fsp3) is 0.529. The predicted octanol–water partition coefficient (Wildman–Crippen LogP) is 3.76. The van der Waals surface area contributed by atoms with Gasteiger partial charge in [-0.3, -0.25) is 4.90 Å². The lowest BCUT2D eigenvalue weighted by Crippen LogP contribution is -2.33. The number of rotatable bonds is 5. The molecule has 1 aliphatic rings. The van der Waals surface area contributed by atoms with Crippen molar-refractivity contribution < 1.29 is 22.4 Å². The molecule has 2 heterocycles. The van der Waals surface area contributed by atoms with E-state index in [0.29, 0.717) is 18.0 Å². The molecule has 0 amide bonds.